The molecule has 3 aromatic carbocycles. The predicted octanol–water partition coefficient (Wildman–Crippen LogP) is 5.38. The molecule has 0 aromatic heterocycles. The normalized spacial score (nSPS) is 12.9. The summed E-state index contributed by atoms with van der Waals surface area (Å²) in [4.78, 5) is 41.0. The molecule has 196 valence electrons. The number of phenolic OH excluding ortho intramolecular Hbond substituents is 1. The third-order valence-corrected chi connectivity index (χ3v) is 5.61. The highest BCUT2D eigenvalue weighted by Gasteiger charge is 2.34. The van der Waals surface area contributed by atoms with Crippen molar-refractivity contribution in [3.05, 3.63) is 72.3 Å². The highest BCUT2D eigenvalue weighted by molar-refractivity contribution is 6.00. The Kier molecular flexibility index (Phi) is 8.76. The van der Waals surface area contributed by atoms with Gasteiger partial charge in [0.15, 0.2) is 0 Å². The summed E-state index contributed by atoms with van der Waals surface area (Å²) in [6.45, 7) is 8.90. The third-order valence-electron chi connectivity index (χ3n) is 5.61. The molecular formula is C29H35N3O5. The topological polar surface area (TPSA) is 108 Å². The minimum Gasteiger partial charge on any atom is -0.508 e. The van der Waals surface area contributed by atoms with Gasteiger partial charge in [-0.3, -0.25) is 9.59 Å². The molecule has 0 aliphatic heterocycles. The van der Waals surface area contributed by atoms with E-state index in [4.69, 9.17) is 4.74 Å². The lowest BCUT2D eigenvalue weighted by atomic mass is 10.0. The second-order valence-corrected chi connectivity index (χ2v) is 9.95. The van der Waals surface area contributed by atoms with Crippen LogP contribution in [0.3, 0.4) is 0 Å². The van der Waals surface area contributed by atoms with Crippen LogP contribution in [0, 0.1) is 0 Å². The summed E-state index contributed by atoms with van der Waals surface area (Å²) in [6, 6.07) is 17.7. The maximum absolute atomic E-state index is 13.7. The number of amides is 3. The van der Waals surface area contributed by atoms with Crippen LogP contribution in [-0.4, -0.2) is 46.1 Å². The third kappa shape index (κ3) is 7.46. The summed E-state index contributed by atoms with van der Waals surface area (Å²) in [6.07, 6.45) is -0.150. The highest BCUT2D eigenvalue weighted by atomic mass is 16.6. The first-order chi connectivity index (χ1) is 17.5. The monoisotopic (exact) mass is 505 g/mol. The van der Waals surface area contributed by atoms with E-state index in [0.717, 1.165) is 10.8 Å². The average molecular weight is 506 g/mol. The molecule has 0 radical (unpaired) electrons. The van der Waals surface area contributed by atoms with Gasteiger partial charge in [0.2, 0.25) is 5.91 Å². The number of hydrogen-bond donors (Lipinski definition) is 3. The zero-order valence-electron chi connectivity index (χ0n) is 21.9. The first-order valence-electron chi connectivity index (χ1n) is 12.4. The van der Waals surface area contributed by atoms with Crippen molar-refractivity contribution in [3.8, 4) is 5.75 Å². The molecule has 8 nitrogen and oxygen atoms in total. The Labute approximate surface area is 217 Å². The molecule has 0 aliphatic rings. The first-order valence-corrected chi connectivity index (χ1v) is 12.4. The standard InChI is InChI=1S/C29H35N3O5/c1-6-16-32(27(35)19(2)30-28(36)37-29(3,4)5)25(22-12-9-13-24(33)18-22)26(34)31-23-15-14-20-10-7-8-11-21(20)17-23/h7-15,17-19,25,33H,6,16H2,1-5H3,(H,30,36)(H,31,34). The van der Waals surface area contributed by atoms with Gasteiger partial charge in [-0.2, -0.15) is 0 Å². The molecule has 0 saturated carbocycles. The van der Waals surface area contributed by atoms with Crippen molar-refractivity contribution in [2.24, 2.45) is 0 Å². The first kappa shape index (κ1) is 27.5. The molecular weight excluding hydrogens is 470 g/mol. The van der Waals surface area contributed by atoms with Crippen LogP contribution in [0.5, 0.6) is 5.75 Å². The van der Waals surface area contributed by atoms with Gasteiger partial charge in [-0.15, -0.1) is 0 Å². The smallest absolute Gasteiger partial charge is 0.408 e. The lowest BCUT2D eigenvalue weighted by Crippen LogP contribution is -2.51. The maximum atomic E-state index is 13.7. The van der Waals surface area contributed by atoms with Crippen LogP contribution in [0.2, 0.25) is 0 Å². The lowest BCUT2D eigenvalue weighted by molar-refractivity contribution is -0.140. The Balaban J connectivity index is 1.93. The van der Waals surface area contributed by atoms with Crippen LogP contribution >= 0.6 is 0 Å². The van der Waals surface area contributed by atoms with Gasteiger partial charge < -0.3 is 25.4 Å². The number of ether oxygens (including phenoxy) is 1. The largest absolute Gasteiger partial charge is 0.508 e. The van der Waals surface area contributed by atoms with Crippen molar-refractivity contribution in [3.63, 3.8) is 0 Å². The van der Waals surface area contributed by atoms with E-state index in [9.17, 15) is 19.5 Å². The van der Waals surface area contributed by atoms with Crippen LogP contribution in [0.15, 0.2) is 66.7 Å². The SMILES string of the molecule is CCCN(C(=O)C(C)NC(=O)OC(C)(C)C)C(C(=O)Nc1ccc2ccccc2c1)c1cccc(O)c1. The molecule has 0 bridgehead atoms. The summed E-state index contributed by atoms with van der Waals surface area (Å²) in [5.41, 5.74) is 0.307. The highest BCUT2D eigenvalue weighted by Crippen LogP contribution is 2.28. The summed E-state index contributed by atoms with van der Waals surface area (Å²) in [5, 5.41) is 17.6. The van der Waals surface area contributed by atoms with Crippen molar-refractivity contribution >= 4 is 34.4 Å². The van der Waals surface area contributed by atoms with Crippen LogP contribution < -0.4 is 10.6 Å². The van der Waals surface area contributed by atoms with Crippen molar-refractivity contribution in [2.45, 2.75) is 58.7 Å². The zero-order chi connectivity index (χ0) is 27.2. The van der Waals surface area contributed by atoms with Gasteiger partial charge in [0, 0.05) is 12.2 Å². The number of benzene rings is 3. The molecule has 3 amide bonds. The molecule has 3 rings (SSSR count). The number of fused-ring (bicyclic) bond motifs is 1. The minimum absolute atomic E-state index is 0.0233. The van der Waals surface area contributed by atoms with Crippen LogP contribution in [0.4, 0.5) is 10.5 Å². The van der Waals surface area contributed by atoms with Gasteiger partial charge in [0.25, 0.3) is 5.91 Å². The quantitative estimate of drug-likeness (QED) is 0.381. The molecule has 0 fully saturated rings. The fraction of sp³-hybridized carbons (Fsp3) is 0.345. The molecule has 0 heterocycles. The maximum Gasteiger partial charge on any atom is 0.408 e. The number of carbonyl (C=O) groups excluding carboxylic acids is 3. The Bertz CT molecular complexity index is 1270. The number of aromatic hydroxyl groups is 1. The molecule has 2 atom stereocenters. The summed E-state index contributed by atoms with van der Waals surface area (Å²) in [7, 11) is 0. The predicted molar refractivity (Wildman–Crippen MR) is 144 cm³/mol. The Morgan fingerprint density at radius 2 is 1.68 bits per heavy atom. The Morgan fingerprint density at radius 3 is 2.32 bits per heavy atom. The minimum atomic E-state index is -1.05. The number of phenols is 1. The lowest BCUT2D eigenvalue weighted by Gasteiger charge is -2.33. The molecule has 37 heavy (non-hydrogen) atoms. The van der Waals surface area contributed by atoms with E-state index in [1.165, 1.54) is 17.0 Å². The summed E-state index contributed by atoms with van der Waals surface area (Å²) < 4.78 is 5.29. The van der Waals surface area contributed by atoms with Crippen LogP contribution in [0.1, 0.15) is 52.6 Å². The average Bonchev–Trinajstić information content (AvgIpc) is 2.82. The molecule has 0 aliphatic carbocycles. The Morgan fingerprint density at radius 1 is 0.973 bits per heavy atom. The summed E-state index contributed by atoms with van der Waals surface area (Å²) in [5.74, 6) is -0.910. The number of hydrogen-bond acceptors (Lipinski definition) is 5. The van der Waals surface area contributed by atoms with E-state index in [1.807, 2.05) is 43.3 Å². The second kappa shape index (κ2) is 11.8. The van der Waals surface area contributed by atoms with E-state index in [1.54, 1.807) is 45.9 Å². The van der Waals surface area contributed by atoms with Gasteiger partial charge in [0.05, 0.1) is 0 Å². The number of rotatable bonds is 8. The van der Waals surface area contributed by atoms with Crippen molar-refractivity contribution in [2.75, 3.05) is 11.9 Å². The number of nitrogens with one attached hydrogen (secondary N) is 2. The number of carbonyl (C=O) groups is 3. The van der Waals surface area contributed by atoms with Gasteiger partial charge >= 0.3 is 6.09 Å². The molecule has 2 unspecified atom stereocenters. The molecule has 3 aromatic rings. The van der Waals surface area contributed by atoms with Crippen molar-refractivity contribution in [1.82, 2.24) is 10.2 Å². The number of nitrogens with zero attached hydrogens (tertiary/aromatic N) is 1. The van der Waals surface area contributed by atoms with Crippen molar-refractivity contribution < 1.29 is 24.2 Å². The fourth-order valence-corrected chi connectivity index (χ4v) is 4.05. The van der Waals surface area contributed by atoms with E-state index >= 15 is 0 Å². The van der Waals surface area contributed by atoms with E-state index < -0.39 is 35.6 Å². The molecule has 3 N–H and O–H groups in total. The number of alkyl carbamates (subject to hydrolysis) is 1. The van der Waals surface area contributed by atoms with E-state index in [0.29, 0.717) is 17.7 Å². The zero-order valence-corrected chi connectivity index (χ0v) is 21.9. The summed E-state index contributed by atoms with van der Waals surface area (Å²) >= 11 is 0. The van der Waals surface area contributed by atoms with E-state index in [2.05, 4.69) is 10.6 Å². The fourth-order valence-electron chi connectivity index (χ4n) is 4.05. The second-order valence-electron chi connectivity index (χ2n) is 9.95. The van der Waals surface area contributed by atoms with Gasteiger partial charge in [-0.1, -0.05) is 49.4 Å². The van der Waals surface area contributed by atoms with Gasteiger partial charge in [-0.05, 0) is 74.7 Å². The van der Waals surface area contributed by atoms with Crippen LogP contribution in [0.25, 0.3) is 10.8 Å². The van der Waals surface area contributed by atoms with Crippen LogP contribution in [-0.2, 0) is 14.3 Å². The Hall–Kier alpha value is -4.07. The molecule has 0 spiro atoms. The van der Waals surface area contributed by atoms with Gasteiger partial charge in [-0.25, -0.2) is 4.79 Å². The van der Waals surface area contributed by atoms with Gasteiger partial charge in [0.1, 0.15) is 23.4 Å². The molecule has 8 heteroatoms. The molecule has 0 saturated heterocycles. The van der Waals surface area contributed by atoms with E-state index in [-0.39, 0.29) is 12.3 Å². The number of anilines is 1. The van der Waals surface area contributed by atoms with Crippen molar-refractivity contribution in [1.29, 1.82) is 0 Å².